The molecule has 1 aliphatic carbocycles. The molecule has 0 unspecified atom stereocenters. The molecule has 0 heteroatoms. The van der Waals surface area contributed by atoms with Crippen molar-refractivity contribution in [3.05, 3.63) is 12.2 Å². The van der Waals surface area contributed by atoms with Crippen molar-refractivity contribution in [1.29, 1.82) is 0 Å². The summed E-state index contributed by atoms with van der Waals surface area (Å²) in [6.07, 6.45) is 6.87. The van der Waals surface area contributed by atoms with E-state index in [4.69, 9.17) is 6.58 Å². The zero-order valence-electron chi connectivity index (χ0n) is 6.19. The predicted molar refractivity (Wildman–Crippen MR) is 40.1 cm³/mol. The largest absolute Gasteiger partial charge is 0.205 e. The Kier molecular flexibility index (Phi) is 2.24. The van der Waals surface area contributed by atoms with E-state index >= 15 is 0 Å². The van der Waals surface area contributed by atoms with Crippen LogP contribution in [0.4, 0.5) is 0 Å². The van der Waals surface area contributed by atoms with Gasteiger partial charge in [0.25, 0.3) is 0 Å². The van der Waals surface area contributed by atoms with Crippen LogP contribution in [0.15, 0.2) is 5.57 Å². The van der Waals surface area contributed by atoms with E-state index in [1.165, 1.54) is 32.1 Å². The van der Waals surface area contributed by atoms with Gasteiger partial charge in [0.05, 0.1) is 0 Å². The molecule has 0 saturated heterocycles. The third-order valence-corrected chi connectivity index (χ3v) is 2.25. The third kappa shape index (κ3) is 1.80. The molecule has 1 rings (SSSR count). The molecule has 0 N–H and O–H groups in total. The highest BCUT2D eigenvalue weighted by Gasteiger charge is 2.18. The van der Waals surface area contributed by atoms with Crippen molar-refractivity contribution in [2.24, 2.45) is 5.92 Å². The van der Waals surface area contributed by atoms with E-state index < -0.39 is 0 Å². The van der Waals surface area contributed by atoms with Crippen LogP contribution >= 0.6 is 0 Å². The summed E-state index contributed by atoms with van der Waals surface area (Å²) >= 11 is 0. The van der Waals surface area contributed by atoms with Crippen molar-refractivity contribution < 1.29 is 0 Å². The normalized spacial score (nSPS) is 21.8. The maximum atomic E-state index is 5.68. The fourth-order valence-electron chi connectivity index (χ4n) is 1.56. The summed E-state index contributed by atoms with van der Waals surface area (Å²) < 4.78 is 0. The van der Waals surface area contributed by atoms with Gasteiger partial charge in [-0.1, -0.05) is 19.3 Å². The Morgan fingerprint density at radius 1 is 1.22 bits per heavy atom. The van der Waals surface area contributed by atoms with Crippen LogP contribution < -0.4 is 0 Å². The number of allylic oxidation sites excluding steroid dienone is 1. The molecular formula is C9H15+. The lowest BCUT2D eigenvalue weighted by atomic mass is 9.85. The summed E-state index contributed by atoms with van der Waals surface area (Å²) in [6.45, 7) is 7.74. The molecule has 0 heterocycles. The van der Waals surface area contributed by atoms with E-state index in [1.807, 2.05) is 0 Å². The van der Waals surface area contributed by atoms with Crippen molar-refractivity contribution in [3.63, 3.8) is 0 Å². The summed E-state index contributed by atoms with van der Waals surface area (Å²) in [4.78, 5) is 0. The summed E-state index contributed by atoms with van der Waals surface area (Å²) in [7, 11) is 0. The number of rotatable bonds is 1. The summed E-state index contributed by atoms with van der Waals surface area (Å²) in [5, 5.41) is 0. The first-order chi connectivity index (χ1) is 4.30. The van der Waals surface area contributed by atoms with Gasteiger partial charge in [0.2, 0.25) is 6.58 Å². The Morgan fingerprint density at radius 3 is 2.11 bits per heavy atom. The highest BCUT2D eigenvalue weighted by atomic mass is 14.2. The Hall–Kier alpha value is -0.350. The molecule has 0 aromatic heterocycles. The van der Waals surface area contributed by atoms with Gasteiger partial charge in [0, 0.05) is 12.8 Å². The zero-order valence-corrected chi connectivity index (χ0v) is 6.19. The van der Waals surface area contributed by atoms with Crippen LogP contribution in [0, 0.1) is 12.5 Å². The maximum Gasteiger partial charge on any atom is 0.205 e. The van der Waals surface area contributed by atoms with Gasteiger partial charge >= 0.3 is 0 Å². The smallest absolute Gasteiger partial charge is 0.0533 e. The van der Waals surface area contributed by atoms with Crippen LogP contribution in [-0.4, -0.2) is 0 Å². The van der Waals surface area contributed by atoms with E-state index in [9.17, 15) is 0 Å². The fourth-order valence-corrected chi connectivity index (χ4v) is 1.56. The molecule has 0 aromatic carbocycles. The average molecular weight is 123 g/mol. The van der Waals surface area contributed by atoms with E-state index in [0.29, 0.717) is 0 Å². The second-order valence-corrected chi connectivity index (χ2v) is 3.08. The van der Waals surface area contributed by atoms with Crippen LogP contribution in [0.1, 0.15) is 39.0 Å². The first-order valence-corrected chi connectivity index (χ1v) is 3.89. The van der Waals surface area contributed by atoms with Gasteiger partial charge in [-0.15, -0.1) is 0 Å². The highest BCUT2D eigenvalue weighted by Crippen LogP contribution is 2.27. The molecule has 0 aliphatic heterocycles. The molecule has 1 aliphatic rings. The molecule has 1 saturated carbocycles. The molecule has 0 amide bonds. The standard InChI is InChI=1S/C9H15/c1-8(2)9-6-4-3-5-7-9/h1,9H,3-7H2,2H3/q+1. The molecule has 0 atom stereocenters. The van der Waals surface area contributed by atoms with Gasteiger partial charge in [0.1, 0.15) is 0 Å². The molecule has 50 valence electrons. The second kappa shape index (κ2) is 2.98. The minimum atomic E-state index is 0.749. The zero-order chi connectivity index (χ0) is 6.69. The second-order valence-electron chi connectivity index (χ2n) is 3.08. The molecular weight excluding hydrogens is 108 g/mol. The molecule has 0 aromatic rings. The van der Waals surface area contributed by atoms with Crippen LogP contribution in [0.3, 0.4) is 0 Å². The van der Waals surface area contributed by atoms with Crippen LogP contribution in [0.5, 0.6) is 0 Å². The van der Waals surface area contributed by atoms with E-state index in [0.717, 1.165) is 11.5 Å². The minimum absolute atomic E-state index is 0.749. The Morgan fingerprint density at radius 2 is 1.78 bits per heavy atom. The minimum Gasteiger partial charge on any atom is -0.0533 e. The highest BCUT2D eigenvalue weighted by molar-refractivity contribution is 4.94. The molecule has 1 fully saturated rings. The van der Waals surface area contributed by atoms with Crippen molar-refractivity contribution in [3.8, 4) is 0 Å². The lowest BCUT2D eigenvalue weighted by Crippen LogP contribution is -2.06. The first kappa shape index (κ1) is 6.77. The average Bonchev–Trinajstić information content (AvgIpc) is 1.90. The van der Waals surface area contributed by atoms with Crippen LogP contribution in [-0.2, 0) is 0 Å². The van der Waals surface area contributed by atoms with Crippen molar-refractivity contribution in [1.82, 2.24) is 0 Å². The van der Waals surface area contributed by atoms with Crippen molar-refractivity contribution in [2.75, 3.05) is 0 Å². The SMILES string of the molecule is [CH+]=C(C)C1CCCCC1. The summed E-state index contributed by atoms with van der Waals surface area (Å²) in [5.74, 6) is 0.749. The number of hydrogen-bond acceptors (Lipinski definition) is 0. The van der Waals surface area contributed by atoms with Gasteiger partial charge in [-0.3, -0.25) is 0 Å². The fraction of sp³-hybridized carbons (Fsp3) is 0.778. The lowest BCUT2D eigenvalue weighted by molar-refractivity contribution is 0.403. The Labute approximate surface area is 58.0 Å². The Balaban J connectivity index is 2.31. The van der Waals surface area contributed by atoms with Crippen molar-refractivity contribution >= 4 is 0 Å². The van der Waals surface area contributed by atoms with E-state index in [1.54, 1.807) is 0 Å². The van der Waals surface area contributed by atoms with Gasteiger partial charge in [0.15, 0.2) is 5.57 Å². The molecule has 0 spiro atoms. The van der Waals surface area contributed by atoms with E-state index in [2.05, 4.69) is 6.92 Å². The van der Waals surface area contributed by atoms with Gasteiger partial charge in [-0.05, 0) is 12.8 Å². The van der Waals surface area contributed by atoms with Gasteiger partial charge < -0.3 is 0 Å². The third-order valence-electron chi connectivity index (χ3n) is 2.25. The molecule has 9 heavy (non-hydrogen) atoms. The molecule has 0 nitrogen and oxygen atoms in total. The van der Waals surface area contributed by atoms with Gasteiger partial charge in [-0.25, -0.2) is 0 Å². The quantitative estimate of drug-likeness (QED) is 0.470. The van der Waals surface area contributed by atoms with Crippen molar-refractivity contribution in [2.45, 2.75) is 39.0 Å². The molecule has 0 radical (unpaired) electrons. The van der Waals surface area contributed by atoms with E-state index in [-0.39, 0.29) is 0 Å². The maximum absolute atomic E-state index is 5.68. The van der Waals surface area contributed by atoms with Gasteiger partial charge in [-0.2, -0.15) is 0 Å². The summed E-state index contributed by atoms with van der Waals surface area (Å²) in [5.41, 5.74) is 1.15. The monoisotopic (exact) mass is 123 g/mol. The number of hydrogen-bond donors (Lipinski definition) is 0. The summed E-state index contributed by atoms with van der Waals surface area (Å²) in [6, 6.07) is 0. The molecule has 0 bridgehead atoms. The lowest BCUT2D eigenvalue weighted by Gasteiger charge is -2.16. The van der Waals surface area contributed by atoms with Crippen LogP contribution in [0.2, 0.25) is 0 Å². The first-order valence-electron chi connectivity index (χ1n) is 3.89. The topological polar surface area (TPSA) is 0 Å². The Bertz CT molecular complexity index is 96.6. The van der Waals surface area contributed by atoms with Crippen LogP contribution in [0.25, 0.3) is 0 Å². The predicted octanol–water partition coefficient (Wildman–Crippen LogP) is 2.95.